The van der Waals surface area contributed by atoms with Gasteiger partial charge in [0.1, 0.15) is 6.54 Å². The van der Waals surface area contributed by atoms with Gasteiger partial charge in [0, 0.05) is 24.0 Å². The molecule has 0 saturated heterocycles. The molecule has 2 rings (SSSR count). The highest BCUT2D eigenvalue weighted by Gasteiger charge is 2.03. The van der Waals surface area contributed by atoms with Crippen molar-refractivity contribution in [1.29, 1.82) is 0 Å². The van der Waals surface area contributed by atoms with Gasteiger partial charge in [-0.05, 0) is 31.2 Å². The molecular formula is C15H23IN4OS. The Kier molecular flexibility index (Phi) is 9.14. The molecule has 2 aromatic rings. The third kappa shape index (κ3) is 6.35. The van der Waals surface area contributed by atoms with Crippen LogP contribution in [-0.4, -0.2) is 24.2 Å². The quantitative estimate of drug-likeness (QED) is 0.399. The van der Waals surface area contributed by atoms with Crippen LogP contribution in [0.25, 0.3) is 0 Å². The Hall–Kier alpha value is -1.09. The summed E-state index contributed by atoms with van der Waals surface area (Å²) in [6, 6.07) is 6.18. The number of aliphatic imine (C=N–C) groups is 1. The molecule has 22 heavy (non-hydrogen) atoms. The lowest BCUT2D eigenvalue weighted by molar-refractivity contribution is 0.379. The Bertz CT molecular complexity index is 554. The van der Waals surface area contributed by atoms with Crippen LogP contribution in [0.1, 0.15) is 30.2 Å². The van der Waals surface area contributed by atoms with Crippen molar-refractivity contribution in [2.75, 3.05) is 13.1 Å². The van der Waals surface area contributed by atoms with Crippen LogP contribution in [0.4, 0.5) is 0 Å². The number of nitrogens with zero attached hydrogens (tertiary/aromatic N) is 2. The van der Waals surface area contributed by atoms with Crippen LogP contribution in [0.5, 0.6) is 0 Å². The second-order valence-electron chi connectivity index (χ2n) is 4.59. The number of aryl methyl sites for hydroxylation is 1. The summed E-state index contributed by atoms with van der Waals surface area (Å²) in [5.74, 6) is 1.60. The third-order valence-corrected chi connectivity index (χ3v) is 3.89. The fraction of sp³-hybridized carbons (Fsp3) is 0.467. The number of guanidine groups is 1. The van der Waals surface area contributed by atoms with E-state index in [0.29, 0.717) is 6.54 Å². The van der Waals surface area contributed by atoms with E-state index < -0.39 is 0 Å². The van der Waals surface area contributed by atoms with Crippen molar-refractivity contribution >= 4 is 41.3 Å². The van der Waals surface area contributed by atoms with Gasteiger partial charge in [0.2, 0.25) is 0 Å². The van der Waals surface area contributed by atoms with Crippen molar-refractivity contribution < 1.29 is 4.52 Å². The Morgan fingerprint density at radius 1 is 1.36 bits per heavy atom. The minimum Gasteiger partial charge on any atom is -0.359 e. The fourth-order valence-corrected chi connectivity index (χ4v) is 2.56. The zero-order valence-electron chi connectivity index (χ0n) is 13.0. The lowest BCUT2D eigenvalue weighted by atomic mass is 10.3. The summed E-state index contributed by atoms with van der Waals surface area (Å²) in [6.07, 6.45) is 1.89. The molecular weight excluding hydrogens is 411 g/mol. The molecule has 0 spiro atoms. The Labute approximate surface area is 152 Å². The lowest BCUT2D eigenvalue weighted by Gasteiger charge is -2.10. The lowest BCUT2D eigenvalue weighted by Crippen LogP contribution is -2.38. The molecule has 122 valence electrons. The molecule has 0 fully saturated rings. The first-order valence-electron chi connectivity index (χ1n) is 7.30. The summed E-state index contributed by atoms with van der Waals surface area (Å²) < 4.78 is 5.24. The summed E-state index contributed by atoms with van der Waals surface area (Å²) >= 11 is 1.78. The maximum absolute atomic E-state index is 5.24. The molecule has 0 aliphatic heterocycles. The Morgan fingerprint density at radius 2 is 2.23 bits per heavy atom. The van der Waals surface area contributed by atoms with Gasteiger partial charge in [-0.25, -0.2) is 4.99 Å². The van der Waals surface area contributed by atoms with Crippen molar-refractivity contribution in [2.24, 2.45) is 4.99 Å². The largest absolute Gasteiger partial charge is 0.359 e. The molecule has 0 unspecified atom stereocenters. The molecule has 0 atom stereocenters. The van der Waals surface area contributed by atoms with E-state index in [1.54, 1.807) is 11.3 Å². The van der Waals surface area contributed by atoms with Gasteiger partial charge < -0.3 is 15.2 Å². The van der Waals surface area contributed by atoms with E-state index in [4.69, 9.17) is 4.52 Å². The molecule has 0 aliphatic carbocycles. The van der Waals surface area contributed by atoms with Gasteiger partial charge in [-0.2, -0.15) is 0 Å². The smallest absolute Gasteiger partial charge is 0.191 e. The van der Waals surface area contributed by atoms with E-state index in [1.165, 1.54) is 4.88 Å². The van der Waals surface area contributed by atoms with E-state index in [0.717, 1.165) is 43.3 Å². The summed E-state index contributed by atoms with van der Waals surface area (Å²) in [7, 11) is 0. The maximum Gasteiger partial charge on any atom is 0.191 e. The maximum atomic E-state index is 5.24. The molecule has 5 nitrogen and oxygen atoms in total. The van der Waals surface area contributed by atoms with Crippen LogP contribution in [0.3, 0.4) is 0 Å². The molecule has 2 aromatic heterocycles. The zero-order valence-corrected chi connectivity index (χ0v) is 16.1. The van der Waals surface area contributed by atoms with Gasteiger partial charge in [0.05, 0.1) is 5.69 Å². The van der Waals surface area contributed by atoms with Gasteiger partial charge in [-0.1, -0.05) is 18.1 Å². The molecule has 0 amide bonds. The van der Waals surface area contributed by atoms with Crippen molar-refractivity contribution in [3.63, 3.8) is 0 Å². The topological polar surface area (TPSA) is 62.5 Å². The van der Waals surface area contributed by atoms with E-state index >= 15 is 0 Å². The Balaban J connectivity index is 0.00000242. The normalized spacial score (nSPS) is 11.1. The summed E-state index contributed by atoms with van der Waals surface area (Å²) in [5, 5.41) is 12.6. The molecule has 2 N–H and O–H groups in total. The molecule has 0 radical (unpaired) electrons. The monoisotopic (exact) mass is 434 g/mol. The van der Waals surface area contributed by atoms with Gasteiger partial charge in [0.25, 0.3) is 0 Å². The Morgan fingerprint density at radius 3 is 2.86 bits per heavy atom. The van der Waals surface area contributed by atoms with E-state index in [-0.39, 0.29) is 24.0 Å². The van der Waals surface area contributed by atoms with Gasteiger partial charge >= 0.3 is 0 Å². The van der Waals surface area contributed by atoms with Gasteiger partial charge in [-0.3, -0.25) is 0 Å². The van der Waals surface area contributed by atoms with Crippen LogP contribution < -0.4 is 10.6 Å². The SMILES string of the molecule is CCNC(=NCc1cc(CC)no1)NCCc1cccs1.I. The number of hydrogen-bond donors (Lipinski definition) is 2. The van der Waals surface area contributed by atoms with Gasteiger partial charge in [0.15, 0.2) is 11.7 Å². The minimum atomic E-state index is 0. The van der Waals surface area contributed by atoms with Crippen LogP contribution >= 0.6 is 35.3 Å². The number of rotatable bonds is 7. The van der Waals surface area contributed by atoms with Crippen LogP contribution in [0, 0.1) is 0 Å². The number of aromatic nitrogens is 1. The van der Waals surface area contributed by atoms with Crippen LogP contribution in [-0.2, 0) is 19.4 Å². The van der Waals surface area contributed by atoms with E-state index in [9.17, 15) is 0 Å². The highest BCUT2D eigenvalue weighted by atomic mass is 127. The summed E-state index contributed by atoms with van der Waals surface area (Å²) in [5.41, 5.74) is 0.968. The number of halogens is 1. The first-order chi connectivity index (χ1) is 10.3. The average Bonchev–Trinajstić information content (AvgIpc) is 3.16. The number of thiophene rings is 1. The standard InChI is InChI=1S/C15H22N4OS.HI/c1-3-12-10-13(20-19-12)11-18-15(16-4-2)17-8-7-14-6-5-9-21-14;/h5-6,9-10H,3-4,7-8,11H2,1-2H3,(H2,16,17,18);1H. The second-order valence-corrected chi connectivity index (χ2v) is 5.62. The zero-order chi connectivity index (χ0) is 14.9. The number of hydrogen-bond acceptors (Lipinski definition) is 4. The predicted octanol–water partition coefficient (Wildman–Crippen LogP) is 3.21. The second kappa shape index (κ2) is 10.6. The highest BCUT2D eigenvalue weighted by molar-refractivity contribution is 14.0. The fourth-order valence-electron chi connectivity index (χ4n) is 1.85. The van der Waals surface area contributed by atoms with Crippen molar-refractivity contribution in [3.8, 4) is 0 Å². The molecule has 0 aromatic carbocycles. The average molecular weight is 434 g/mol. The number of nitrogens with one attached hydrogen (secondary N) is 2. The molecule has 7 heteroatoms. The summed E-state index contributed by atoms with van der Waals surface area (Å²) in [6.45, 7) is 6.31. The van der Waals surface area contributed by atoms with Crippen LogP contribution in [0.15, 0.2) is 33.1 Å². The van der Waals surface area contributed by atoms with E-state index in [1.807, 2.05) is 6.07 Å². The molecule has 0 bridgehead atoms. The van der Waals surface area contributed by atoms with Crippen molar-refractivity contribution in [1.82, 2.24) is 15.8 Å². The first-order valence-corrected chi connectivity index (χ1v) is 8.18. The van der Waals surface area contributed by atoms with E-state index in [2.05, 4.69) is 52.1 Å². The molecule has 0 saturated carbocycles. The van der Waals surface area contributed by atoms with Gasteiger partial charge in [-0.15, -0.1) is 35.3 Å². The summed E-state index contributed by atoms with van der Waals surface area (Å²) in [4.78, 5) is 5.89. The van der Waals surface area contributed by atoms with Crippen molar-refractivity contribution in [2.45, 2.75) is 33.2 Å². The van der Waals surface area contributed by atoms with Crippen LogP contribution in [0.2, 0.25) is 0 Å². The molecule has 2 heterocycles. The predicted molar refractivity (Wildman–Crippen MR) is 102 cm³/mol. The minimum absolute atomic E-state index is 0. The third-order valence-electron chi connectivity index (χ3n) is 2.95. The van der Waals surface area contributed by atoms with Crippen molar-refractivity contribution in [3.05, 3.63) is 39.9 Å². The first kappa shape index (κ1) is 19.0. The highest BCUT2D eigenvalue weighted by Crippen LogP contribution is 2.08. The molecule has 0 aliphatic rings.